The fourth-order valence-corrected chi connectivity index (χ4v) is 3.22. The summed E-state index contributed by atoms with van der Waals surface area (Å²) in [6.45, 7) is 3.50. The van der Waals surface area contributed by atoms with Gasteiger partial charge in [-0.05, 0) is 68.7 Å². The molecule has 29 heavy (non-hydrogen) atoms. The number of nitrogens with zero attached hydrogens (tertiary/aromatic N) is 2. The van der Waals surface area contributed by atoms with Crippen molar-refractivity contribution in [3.8, 4) is 11.8 Å². The molecule has 1 amide bonds. The molecule has 0 saturated heterocycles. The maximum Gasteiger partial charge on any atom is 0.349 e. The third kappa shape index (κ3) is 4.85. The molecule has 150 valence electrons. The molecule has 0 atom stereocenters. The van der Waals surface area contributed by atoms with Crippen molar-refractivity contribution < 1.29 is 19.1 Å². The minimum Gasteiger partial charge on any atom is -0.497 e. The number of carbonyl (C=O) groups excluding carboxylic acids is 2. The molecule has 1 aromatic carbocycles. The molecule has 1 N–H and O–H groups in total. The molecule has 0 aliphatic heterocycles. The number of anilines is 1. The highest BCUT2D eigenvalue weighted by molar-refractivity contribution is 6.00. The summed E-state index contributed by atoms with van der Waals surface area (Å²) in [5.41, 5.74) is 3.34. The minimum atomic E-state index is -0.825. The highest BCUT2D eigenvalue weighted by Crippen LogP contribution is 2.38. The fraction of sp³-hybridized carbons (Fsp3) is 0.318. The standard InChI is InChI=1S/C22H23N3O4/c1-14-10-16(15(2)25(14)19-6-7-19)11-17(12-23)22(27)29-13-21(26)24-18-4-8-20(28-3)9-5-18/h4-5,8-11,19H,6-7,13H2,1-3H3,(H,24,26)/b17-11+. The van der Waals surface area contributed by atoms with Crippen LogP contribution in [0, 0.1) is 25.2 Å². The number of nitrogens with one attached hydrogen (secondary N) is 1. The lowest BCUT2D eigenvalue weighted by molar-refractivity contribution is -0.142. The van der Waals surface area contributed by atoms with Crippen LogP contribution in [0.15, 0.2) is 35.9 Å². The van der Waals surface area contributed by atoms with Crippen molar-refractivity contribution in [2.45, 2.75) is 32.7 Å². The second-order valence-corrected chi connectivity index (χ2v) is 6.95. The molecule has 1 fully saturated rings. The Morgan fingerprint density at radius 3 is 2.55 bits per heavy atom. The summed E-state index contributed by atoms with van der Waals surface area (Å²) < 4.78 is 12.3. The van der Waals surface area contributed by atoms with Crippen LogP contribution in [0.5, 0.6) is 5.75 Å². The SMILES string of the molecule is COc1ccc(NC(=O)COC(=O)/C(C#N)=C/c2cc(C)n(C3CC3)c2C)cc1. The third-order valence-corrected chi connectivity index (χ3v) is 4.78. The van der Waals surface area contributed by atoms with Gasteiger partial charge in [-0.15, -0.1) is 0 Å². The number of benzene rings is 1. The molecular formula is C22H23N3O4. The van der Waals surface area contributed by atoms with Crippen LogP contribution in [-0.4, -0.2) is 30.2 Å². The smallest absolute Gasteiger partial charge is 0.349 e. The van der Waals surface area contributed by atoms with E-state index < -0.39 is 18.5 Å². The van der Waals surface area contributed by atoms with Crippen LogP contribution in [-0.2, 0) is 14.3 Å². The Morgan fingerprint density at radius 2 is 1.97 bits per heavy atom. The fourth-order valence-electron chi connectivity index (χ4n) is 3.22. The van der Waals surface area contributed by atoms with Crippen LogP contribution >= 0.6 is 0 Å². The Balaban J connectivity index is 1.61. The lowest BCUT2D eigenvalue weighted by atomic mass is 10.1. The van der Waals surface area contributed by atoms with Gasteiger partial charge in [0.25, 0.3) is 5.91 Å². The number of carbonyl (C=O) groups is 2. The maximum absolute atomic E-state index is 12.3. The number of esters is 1. The minimum absolute atomic E-state index is 0.140. The van der Waals surface area contributed by atoms with Gasteiger partial charge in [0.2, 0.25) is 0 Å². The lowest BCUT2D eigenvalue weighted by Gasteiger charge is -2.08. The van der Waals surface area contributed by atoms with Gasteiger partial charge in [0, 0.05) is 23.1 Å². The number of amides is 1. The van der Waals surface area contributed by atoms with Crippen molar-refractivity contribution in [3.05, 3.63) is 52.9 Å². The summed E-state index contributed by atoms with van der Waals surface area (Å²) in [6, 6.07) is 11.1. The zero-order valence-corrected chi connectivity index (χ0v) is 16.7. The Bertz CT molecular complexity index is 992. The van der Waals surface area contributed by atoms with Crippen LogP contribution in [0.4, 0.5) is 5.69 Å². The number of methoxy groups -OCH3 is 1. The zero-order valence-electron chi connectivity index (χ0n) is 16.7. The number of hydrogen-bond donors (Lipinski definition) is 1. The first-order chi connectivity index (χ1) is 13.9. The van der Waals surface area contributed by atoms with Gasteiger partial charge in [-0.2, -0.15) is 5.26 Å². The van der Waals surface area contributed by atoms with Crippen molar-refractivity contribution in [1.82, 2.24) is 4.57 Å². The van der Waals surface area contributed by atoms with Gasteiger partial charge < -0.3 is 19.4 Å². The summed E-state index contributed by atoms with van der Waals surface area (Å²) >= 11 is 0. The van der Waals surface area contributed by atoms with E-state index in [-0.39, 0.29) is 5.57 Å². The Labute approximate surface area is 169 Å². The second-order valence-electron chi connectivity index (χ2n) is 6.95. The lowest BCUT2D eigenvalue weighted by Crippen LogP contribution is -2.21. The van der Waals surface area contributed by atoms with E-state index in [4.69, 9.17) is 9.47 Å². The number of hydrogen-bond acceptors (Lipinski definition) is 5. The van der Waals surface area contributed by atoms with Crippen LogP contribution in [0.2, 0.25) is 0 Å². The molecule has 0 spiro atoms. The first-order valence-corrected chi connectivity index (χ1v) is 9.34. The molecule has 1 aromatic heterocycles. The average molecular weight is 393 g/mol. The van der Waals surface area contributed by atoms with Gasteiger partial charge in [0.15, 0.2) is 6.61 Å². The average Bonchev–Trinajstić information content (AvgIpc) is 3.50. The summed E-state index contributed by atoms with van der Waals surface area (Å²) in [4.78, 5) is 24.3. The summed E-state index contributed by atoms with van der Waals surface area (Å²) in [7, 11) is 1.55. The zero-order chi connectivity index (χ0) is 21.0. The van der Waals surface area contributed by atoms with Crippen molar-refractivity contribution in [2.75, 3.05) is 19.0 Å². The van der Waals surface area contributed by atoms with E-state index in [0.717, 1.165) is 29.8 Å². The highest BCUT2D eigenvalue weighted by Gasteiger charge is 2.27. The normalized spacial score (nSPS) is 13.5. The quantitative estimate of drug-likeness (QED) is 0.441. The van der Waals surface area contributed by atoms with Gasteiger partial charge in [-0.1, -0.05) is 0 Å². The third-order valence-electron chi connectivity index (χ3n) is 4.78. The number of aryl methyl sites for hydroxylation is 1. The molecule has 7 nitrogen and oxygen atoms in total. The van der Waals surface area contributed by atoms with Crippen LogP contribution in [0.1, 0.15) is 35.8 Å². The van der Waals surface area contributed by atoms with Crippen molar-refractivity contribution in [3.63, 3.8) is 0 Å². The summed E-state index contributed by atoms with van der Waals surface area (Å²) in [6.07, 6.45) is 3.82. The predicted molar refractivity (Wildman–Crippen MR) is 108 cm³/mol. The van der Waals surface area contributed by atoms with Crippen molar-refractivity contribution in [2.24, 2.45) is 0 Å². The van der Waals surface area contributed by atoms with E-state index in [2.05, 4.69) is 9.88 Å². The molecule has 1 aliphatic carbocycles. The summed E-state index contributed by atoms with van der Waals surface area (Å²) in [5, 5.41) is 12.0. The molecule has 2 aromatic rings. The van der Waals surface area contributed by atoms with E-state index in [1.807, 2.05) is 26.0 Å². The highest BCUT2D eigenvalue weighted by atomic mass is 16.5. The van der Waals surface area contributed by atoms with Gasteiger partial charge in [0.1, 0.15) is 17.4 Å². The molecule has 3 rings (SSSR count). The van der Waals surface area contributed by atoms with Gasteiger partial charge in [-0.3, -0.25) is 4.79 Å². The van der Waals surface area contributed by atoms with E-state index >= 15 is 0 Å². The number of rotatable bonds is 7. The van der Waals surface area contributed by atoms with Gasteiger partial charge in [0.05, 0.1) is 7.11 Å². The van der Waals surface area contributed by atoms with Crippen LogP contribution < -0.4 is 10.1 Å². The Morgan fingerprint density at radius 1 is 1.28 bits per heavy atom. The molecule has 0 unspecified atom stereocenters. The van der Waals surface area contributed by atoms with Crippen molar-refractivity contribution in [1.29, 1.82) is 5.26 Å². The molecular weight excluding hydrogens is 370 g/mol. The van der Waals surface area contributed by atoms with Crippen LogP contribution in [0.3, 0.4) is 0 Å². The topological polar surface area (TPSA) is 93.3 Å². The van der Waals surface area contributed by atoms with Gasteiger partial charge in [-0.25, -0.2) is 4.79 Å². The monoisotopic (exact) mass is 393 g/mol. The van der Waals surface area contributed by atoms with E-state index in [1.54, 1.807) is 31.4 Å². The molecule has 1 heterocycles. The molecule has 7 heteroatoms. The van der Waals surface area contributed by atoms with Gasteiger partial charge >= 0.3 is 5.97 Å². The molecule has 0 radical (unpaired) electrons. The van der Waals surface area contributed by atoms with E-state index in [0.29, 0.717) is 17.5 Å². The second kappa shape index (κ2) is 8.65. The summed E-state index contributed by atoms with van der Waals surface area (Å²) in [5.74, 6) is -0.652. The largest absolute Gasteiger partial charge is 0.497 e. The Hall–Kier alpha value is -3.53. The molecule has 1 saturated carbocycles. The number of ether oxygens (including phenoxy) is 2. The maximum atomic E-state index is 12.3. The van der Waals surface area contributed by atoms with Crippen LogP contribution in [0.25, 0.3) is 6.08 Å². The van der Waals surface area contributed by atoms with E-state index in [1.165, 1.54) is 6.08 Å². The number of aromatic nitrogens is 1. The Kier molecular flexibility index (Phi) is 6.03. The molecule has 1 aliphatic rings. The predicted octanol–water partition coefficient (Wildman–Crippen LogP) is 3.54. The number of nitriles is 1. The molecule has 0 bridgehead atoms. The first kappa shape index (κ1) is 20.2. The van der Waals surface area contributed by atoms with E-state index in [9.17, 15) is 14.9 Å². The van der Waals surface area contributed by atoms with Crippen molar-refractivity contribution >= 4 is 23.6 Å². The first-order valence-electron chi connectivity index (χ1n) is 9.34.